The number of aliphatic hydroxyl groups is 1. The van der Waals surface area contributed by atoms with Gasteiger partial charge in [0.2, 0.25) is 0 Å². The van der Waals surface area contributed by atoms with Crippen LogP contribution in [0.4, 0.5) is 0 Å². The van der Waals surface area contributed by atoms with Gasteiger partial charge in [-0.25, -0.2) is 9.89 Å². The van der Waals surface area contributed by atoms with Crippen molar-refractivity contribution in [3.63, 3.8) is 0 Å². The van der Waals surface area contributed by atoms with Crippen molar-refractivity contribution in [1.29, 1.82) is 0 Å². The molecule has 0 aliphatic carbocycles. The third-order valence-electron chi connectivity index (χ3n) is 5.17. The molecular weight excluding hydrogens is 360 g/mol. The number of rotatable bonds is 5. The van der Waals surface area contributed by atoms with Crippen molar-refractivity contribution in [3.8, 4) is 16.9 Å². The van der Waals surface area contributed by atoms with E-state index in [0.29, 0.717) is 12.1 Å². The fourth-order valence-electron chi connectivity index (χ4n) is 3.63. The molecule has 0 bridgehead atoms. The molecule has 3 aliphatic rings. The highest BCUT2D eigenvalue weighted by atomic mass is 16.5. The number of aliphatic hydroxyl groups excluding tert-OH is 1. The lowest BCUT2D eigenvalue weighted by molar-refractivity contribution is 0.0600. The number of benzene rings is 1. The van der Waals surface area contributed by atoms with Gasteiger partial charge in [0.15, 0.2) is 0 Å². The molecule has 0 unspecified atom stereocenters. The number of hydrogen-bond acceptors (Lipinski definition) is 6. The Bertz CT molecular complexity index is 1000. The van der Waals surface area contributed by atoms with E-state index in [0.717, 1.165) is 24.3 Å². The third kappa shape index (κ3) is 3.44. The second-order valence-corrected chi connectivity index (χ2v) is 7.00. The Hall–Kier alpha value is -2.97. The van der Waals surface area contributed by atoms with Crippen LogP contribution >= 0.6 is 0 Å². The zero-order valence-electron chi connectivity index (χ0n) is 15.6. The Balaban J connectivity index is 1.64. The van der Waals surface area contributed by atoms with Crippen LogP contribution < -0.4 is 5.56 Å². The van der Waals surface area contributed by atoms with Gasteiger partial charge in [0.25, 0.3) is 5.56 Å². The minimum Gasteiger partial charge on any atom is -0.465 e. The highest BCUT2D eigenvalue weighted by Crippen LogP contribution is 2.24. The summed E-state index contributed by atoms with van der Waals surface area (Å²) in [4.78, 5) is 26.4. The van der Waals surface area contributed by atoms with E-state index in [-0.39, 0.29) is 16.8 Å². The number of carbonyl (C=O) groups is 1. The number of fused-ring (bicyclic) bond motifs is 1. The molecule has 1 saturated heterocycles. The summed E-state index contributed by atoms with van der Waals surface area (Å²) in [5.41, 5.74) is 2.01. The van der Waals surface area contributed by atoms with Crippen LogP contribution in [0.1, 0.15) is 34.9 Å². The van der Waals surface area contributed by atoms with Crippen molar-refractivity contribution >= 4 is 5.97 Å². The van der Waals surface area contributed by atoms with Crippen molar-refractivity contribution in [2.45, 2.75) is 18.9 Å². The van der Waals surface area contributed by atoms with Crippen molar-refractivity contribution in [3.05, 3.63) is 58.1 Å². The zero-order valence-corrected chi connectivity index (χ0v) is 15.6. The van der Waals surface area contributed by atoms with E-state index in [9.17, 15) is 14.7 Å². The van der Waals surface area contributed by atoms with Gasteiger partial charge in [0.1, 0.15) is 11.3 Å². The summed E-state index contributed by atoms with van der Waals surface area (Å²) < 4.78 is 6.50. The minimum absolute atomic E-state index is 0.205. The highest BCUT2D eigenvalue weighted by molar-refractivity contribution is 5.96. The summed E-state index contributed by atoms with van der Waals surface area (Å²) >= 11 is 0. The molecule has 8 heteroatoms. The number of esters is 1. The van der Waals surface area contributed by atoms with E-state index in [1.807, 2.05) is 24.3 Å². The van der Waals surface area contributed by atoms with Crippen LogP contribution in [-0.2, 0) is 4.74 Å². The summed E-state index contributed by atoms with van der Waals surface area (Å²) in [6.45, 7) is 2.69. The molecule has 0 spiro atoms. The third-order valence-corrected chi connectivity index (χ3v) is 5.17. The standard InChI is InChI=1S/C20H22N4O4/c1-28-20(27)16-11-24(10-15-18(16)21-22-19(15)26)14-6-4-13(5-7-14)17(25)12-23-8-2-3-9-23/h4-7,10-11,17,25H,2-3,8-9,12H2,1H3,(H,22,26)/t17-/m1/s1. The number of hydrogen-bond donors (Lipinski definition) is 2. The van der Waals surface area contributed by atoms with Gasteiger partial charge in [0.05, 0.1) is 18.8 Å². The fourth-order valence-corrected chi connectivity index (χ4v) is 3.63. The molecule has 0 aromatic heterocycles. The van der Waals surface area contributed by atoms with E-state index in [1.54, 1.807) is 17.0 Å². The van der Waals surface area contributed by atoms with Crippen molar-refractivity contribution in [2.24, 2.45) is 0 Å². The van der Waals surface area contributed by atoms with E-state index >= 15 is 0 Å². The van der Waals surface area contributed by atoms with Crippen LogP contribution in [0, 0.1) is 0 Å². The lowest BCUT2D eigenvalue weighted by Gasteiger charge is -2.20. The highest BCUT2D eigenvalue weighted by Gasteiger charge is 2.22. The van der Waals surface area contributed by atoms with Gasteiger partial charge in [-0.1, -0.05) is 12.1 Å². The van der Waals surface area contributed by atoms with Crippen molar-refractivity contribution in [2.75, 3.05) is 26.7 Å². The smallest absolute Gasteiger partial charge is 0.341 e. The number of methoxy groups -OCH3 is 1. The fraction of sp³-hybridized carbons (Fsp3) is 0.350. The van der Waals surface area contributed by atoms with Gasteiger partial charge in [-0.05, 0) is 43.6 Å². The summed E-state index contributed by atoms with van der Waals surface area (Å²) in [5, 5.41) is 16.8. The predicted octanol–water partition coefficient (Wildman–Crippen LogP) is 1.58. The number of β-amino-alcohol motifs (C(OH)–C–C–N with tert-alkyl or cyclic N) is 1. The largest absolute Gasteiger partial charge is 0.465 e. The second kappa shape index (κ2) is 7.57. The number of ether oxygens (including phenoxy) is 1. The van der Waals surface area contributed by atoms with Crippen molar-refractivity contribution < 1.29 is 14.6 Å². The summed E-state index contributed by atoms with van der Waals surface area (Å²) in [6, 6.07) is 7.41. The molecule has 4 rings (SSSR count). The molecular formula is C20H22N4O4. The quantitative estimate of drug-likeness (QED) is 0.650. The molecule has 1 aromatic carbocycles. The van der Waals surface area contributed by atoms with Gasteiger partial charge in [-0.3, -0.25) is 4.79 Å². The van der Waals surface area contributed by atoms with Gasteiger partial charge < -0.3 is 19.3 Å². The van der Waals surface area contributed by atoms with Gasteiger partial charge in [-0.15, -0.1) is 0 Å². The molecule has 1 atom stereocenters. The normalized spacial score (nSPS) is 15.8. The Morgan fingerprint density at radius 3 is 2.64 bits per heavy atom. The first-order chi connectivity index (χ1) is 13.6. The van der Waals surface area contributed by atoms with Gasteiger partial charge >= 0.3 is 5.97 Å². The second-order valence-electron chi connectivity index (χ2n) is 7.00. The Morgan fingerprint density at radius 2 is 1.96 bits per heavy atom. The molecule has 28 heavy (non-hydrogen) atoms. The SMILES string of the molecule is COC(=O)c1cn(-c2ccc([C@H](O)CN3CCCC3)cc2)cc2c(=O)[nH]nc1-2. The first-order valence-corrected chi connectivity index (χ1v) is 9.26. The number of nitrogens with one attached hydrogen (secondary N) is 1. The molecule has 2 N–H and O–H groups in total. The molecule has 1 fully saturated rings. The molecule has 0 radical (unpaired) electrons. The summed E-state index contributed by atoms with van der Waals surface area (Å²) in [7, 11) is 1.28. The van der Waals surface area contributed by atoms with Crippen LogP contribution in [-0.4, -0.2) is 57.5 Å². The Morgan fingerprint density at radius 1 is 1.25 bits per heavy atom. The van der Waals surface area contributed by atoms with Gasteiger partial charge in [-0.2, -0.15) is 5.10 Å². The molecule has 3 aliphatic heterocycles. The van der Waals surface area contributed by atoms with Crippen LogP contribution in [0.3, 0.4) is 0 Å². The lowest BCUT2D eigenvalue weighted by Crippen LogP contribution is -2.25. The van der Waals surface area contributed by atoms with Gasteiger partial charge in [0, 0.05) is 24.6 Å². The zero-order chi connectivity index (χ0) is 19.7. The number of carbonyl (C=O) groups excluding carboxylic acids is 1. The number of aromatic amines is 1. The van der Waals surface area contributed by atoms with E-state index < -0.39 is 12.1 Å². The first kappa shape index (κ1) is 18.4. The molecule has 8 nitrogen and oxygen atoms in total. The summed E-state index contributed by atoms with van der Waals surface area (Å²) in [6.07, 6.45) is 5.03. The lowest BCUT2D eigenvalue weighted by atomic mass is 10.1. The number of likely N-dealkylation sites (tertiary alicyclic amines) is 1. The average Bonchev–Trinajstić information content (AvgIpc) is 3.37. The number of nitrogens with zero attached hydrogens (tertiary/aromatic N) is 3. The monoisotopic (exact) mass is 382 g/mol. The molecule has 1 aromatic rings. The van der Waals surface area contributed by atoms with E-state index in [1.165, 1.54) is 20.0 Å². The maximum atomic E-state index is 12.1. The van der Waals surface area contributed by atoms with Crippen molar-refractivity contribution in [1.82, 2.24) is 19.7 Å². The summed E-state index contributed by atoms with van der Waals surface area (Å²) in [5.74, 6) is -0.566. The Labute approximate surface area is 161 Å². The molecule has 0 saturated carbocycles. The minimum atomic E-state index is -0.566. The van der Waals surface area contributed by atoms with Crippen LogP contribution in [0.2, 0.25) is 0 Å². The average molecular weight is 382 g/mol. The Kier molecular flexibility index (Phi) is 4.97. The molecule has 146 valence electrons. The molecule has 3 heterocycles. The van der Waals surface area contributed by atoms with E-state index in [4.69, 9.17) is 4.74 Å². The topological polar surface area (TPSA) is 100 Å². The molecule has 0 amide bonds. The maximum absolute atomic E-state index is 12.1. The number of pyridine rings is 1. The van der Waals surface area contributed by atoms with Crippen LogP contribution in [0.5, 0.6) is 0 Å². The van der Waals surface area contributed by atoms with E-state index in [2.05, 4.69) is 15.1 Å². The van der Waals surface area contributed by atoms with Crippen LogP contribution in [0.25, 0.3) is 16.9 Å². The predicted molar refractivity (Wildman–Crippen MR) is 103 cm³/mol. The number of H-pyrrole nitrogens is 1. The first-order valence-electron chi connectivity index (χ1n) is 9.26. The number of aromatic nitrogens is 3. The maximum Gasteiger partial charge on any atom is 0.341 e. The van der Waals surface area contributed by atoms with Crippen LogP contribution in [0.15, 0.2) is 41.5 Å².